The molecule has 0 radical (unpaired) electrons. The Balaban J connectivity index is 1.75. The average Bonchev–Trinajstić information content (AvgIpc) is 2.40. The van der Waals surface area contributed by atoms with Gasteiger partial charge in [-0.2, -0.15) is 0 Å². The van der Waals surface area contributed by atoms with Gasteiger partial charge in [-0.25, -0.2) is 0 Å². The van der Waals surface area contributed by atoms with Gasteiger partial charge >= 0.3 is 0 Å². The minimum absolute atomic E-state index is 0.0122. The fourth-order valence-corrected chi connectivity index (χ4v) is 2.59. The first-order chi connectivity index (χ1) is 9.24. The predicted octanol–water partition coefficient (Wildman–Crippen LogP) is 4.21. The molecular formula is C15H14ClNOS. The topological polar surface area (TPSA) is 29.1 Å². The van der Waals surface area contributed by atoms with E-state index >= 15 is 0 Å². The molecule has 0 aliphatic rings. The summed E-state index contributed by atoms with van der Waals surface area (Å²) in [7, 11) is 0. The van der Waals surface area contributed by atoms with Gasteiger partial charge < -0.3 is 5.32 Å². The quantitative estimate of drug-likeness (QED) is 0.894. The third-order valence-corrected chi connectivity index (χ3v) is 3.69. The highest BCUT2D eigenvalue weighted by Gasteiger charge is 2.02. The molecule has 0 aliphatic carbocycles. The minimum Gasteiger partial charge on any atom is -0.325 e. The Labute approximate surface area is 122 Å². The molecule has 0 atom stereocenters. The van der Waals surface area contributed by atoms with E-state index in [0.717, 1.165) is 22.0 Å². The molecule has 0 unspecified atom stereocenters. The lowest BCUT2D eigenvalue weighted by molar-refractivity contribution is -0.113. The van der Waals surface area contributed by atoms with E-state index in [4.69, 9.17) is 11.6 Å². The molecule has 0 fully saturated rings. The second kappa shape index (κ2) is 7.22. The lowest BCUT2D eigenvalue weighted by Crippen LogP contribution is -2.13. The highest BCUT2D eigenvalue weighted by Crippen LogP contribution is 2.16. The summed E-state index contributed by atoms with van der Waals surface area (Å²) in [5, 5.41) is 3.58. The largest absolute Gasteiger partial charge is 0.325 e. The van der Waals surface area contributed by atoms with Crippen molar-refractivity contribution in [3.05, 3.63) is 65.2 Å². The van der Waals surface area contributed by atoms with Crippen LogP contribution in [0.25, 0.3) is 0 Å². The van der Waals surface area contributed by atoms with Crippen molar-refractivity contribution >= 4 is 35.0 Å². The molecule has 2 nitrogen and oxygen atoms in total. The van der Waals surface area contributed by atoms with Gasteiger partial charge in [-0.15, -0.1) is 11.8 Å². The van der Waals surface area contributed by atoms with Gasteiger partial charge in [0.15, 0.2) is 0 Å². The van der Waals surface area contributed by atoms with Crippen molar-refractivity contribution in [2.45, 2.75) is 5.75 Å². The van der Waals surface area contributed by atoms with Crippen molar-refractivity contribution in [2.24, 2.45) is 0 Å². The van der Waals surface area contributed by atoms with Crippen LogP contribution >= 0.6 is 23.4 Å². The molecule has 0 aromatic heterocycles. The Hall–Kier alpha value is -1.45. The van der Waals surface area contributed by atoms with Gasteiger partial charge in [0.1, 0.15) is 0 Å². The lowest BCUT2D eigenvalue weighted by atomic mass is 10.2. The Morgan fingerprint density at radius 3 is 2.63 bits per heavy atom. The zero-order valence-corrected chi connectivity index (χ0v) is 11.9. The average molecular weight is 292 g/mol. The first-order valence-corrected chi connectivity index (χ1v) is 7.44. The Kier molecular flexibility index (Phi) is 5.31. The normalized spacial score (nSPS) is 10.2. The van der Waals surface area contributed by atoms with Crippen LogP contribution in [-0.2, 0) is 10.5 Å². The number of halogens is 1. The van der Waals surface area contributed by atoms with E-state index in [-0.39, 0.29) is 5.91 Å². The molecule has 0 heterocycles. The highest BCUT2D eigenvalue weighted by molar-refractivity contribution is 7.99. The van der Waals surface area contributed by atoms with Crippen LogP contribution in [-0.4, -0.2) is 11.7 Å². The van der Waals surface area contributed by atoms with Gasteiger partial charge in [-0.05, 0) is 29.8 Å². The SMILES string of the molecule is O=C(CSCc1cccc(Cl)c1)Nc1ccccc1. The van der Waals surface area contributed by atoms with E-state index in [1.165, 1.54) is 0 Å². The molecule has 19 heavy (non-hydrogen) atoms. The number of anilines is 1. The number of benzene rings is 2. The summed E-state index contributed by atoms with van der Waals surface area (Å²) >= 11 is 7.48. The summed E-state index contributed by atoms with van der Waals surface area (Å²) < 4.78 is 0. The molecule has 2 aromatic rings. The molecule has 2 rings (SSSR count). The Bertz CT molecular complexity index is 545. The number of para-hydroxylation sites is 1. The number of thioether (sulfide) groups is 1. The smallest absolute Gasteiger partial charge is 0.234 e. The van der Waals surface area contributed by atoms with Crippen LogP contribution in [0.15, 0.2) is 54.6 Å². The molecule has 0 spiro atoms. The highest BCUT2D eigenvalue weighted by atomic mass is 35.5. The van der Waals surface area contributed by atoms with Crippen molar-refractivity contribution in [2.75, 3.05) is 11.1 Å². The molecule has 4 heteroatoms. The van der Waals surface area contributed by atoms with Crippen molar-refractivity contribution in [3.8, 4) is 0 Å². The van der Waals surface area contributed by atoms with Gasteiger partial charge in [0.25, 0.3) is 0 Å². The van der Waals surface area contributed by atoms with Crippen LogP contribution < -0.4 is 5.32 Å². The van der Waals surface area contributed by atoms with Crippen LogP contribution in [0.4, 0.5) is 5.69 Å². The van der Waals surface area contributed by atoms with Crippen LogP contribution in [0.3, 0.4) is 0 Å². The van der Waals surface area contributed by atoms with Crippen LogP contribution in [0.5, 0.6) is 0 Å². The van der Waals surface area contributed by atoms with Crippen molar-refractivity contribution in [1.82, 2.24) is 0 Å². The maximum absolute atomic E-state index is 11.7. The van der Waals surface area contributed by atoms with Crippen LogP contribution in [0.1, 0.15) is 5.56 Å². The Morgan fingerprint density at radius 2 is 1.89 bits per heavy atom. The minimum atomic E-state index is 0.0122. The number of hydrogen-bond donors (Lipinski definition) is 1. The third kappa shape index (κ3) is 4.97. The molecular weight excluding hydrogens is 278 g/mol. The standard InChI is InChI=1S/C15H14ClNOS/c16-13-6-4-5-12(9-13)10-19-11-15(18)17-14-7-2-1-3-8-14/h1-9H,10-11H2,(H,17,18). The maximum atomic E-state index is 11.7. The molecule has 1 N–H and O–H groups in total. The fourth-order valence-electron chi connectivity index (χ4n) is 1.61. The van der Waals surface area contributed by atoms with Crippen molar-refractivity contribution in [3.63, 3.8) is 0 Å². The zero-order valence-electron chi connectivity index (χ0n) is 10.3. The van der Waals surface area contributed by atoms with E-state index in [1.54, 1.807) is 11.8 Å². The van der Waals surface area contributed by atoms with Gasteiger partial charge in [-0.1, -0.05) is 41.9 Å². The summed E-state index contributed by atoms with van der Waals surface area (Å²) in [4.78, 5) is 11.7. The third-order valence-electron chi connectivity index (χ3n) is 2.45. The Morgan fingerprint density at radius 1 is 1.11 bits per heavy atom. The number of rotatable bonds is 5. The molecule has 2 aromatic carbocycles. The first-order valence-electron chi connectivity index (χ1n) is 5.91. The zero-order chi connectivity index (χ0) is 13.5. The maximum Gasteiger partial charge on any atom is 0.234 e. The molecule has 1 amide bonds. The summed E-state index contributed by atoms with van der Waals surface area (Å²) in [6.07, 6.45) is 0. The number of amides is 1. The fraction of sp³-hybridized carbons (Fsp3) is 0.133. The summed E-state index contributed by atoms with van der Waals surface area (Å²) in [5.74, 6) is 1.22. The van der Waals surface area contributed by atoms with Gasteiger partial charge in [-0.3, -0.25) is 4.79 Å². The molecule has 0 bridgehead atoms. The monoisotopic (exact) mass is 291 g/mol. The van der Waals surface area contributed by atoms with Gasteiger partial charge in [0.2, 0.25) is 5.91 Å². The van der Waals surface area contributed by atoms with E-state index in [2.05, 4.69) is 5.32 Å². The van der Waals surface area contributed by atoms with Crippen LogP contribution in [0.2, 0.25) is 5.02 Å². The van der Waals surface area contributed by atoms with E-state index < -0.39 is 0 Å². The second-order valence-corrected chi connectivity index (χ2v) is 5.46. The number of carbonyl (C=O) groups excluding carboxylic acids is 1. The second-order valence-electron chi connectivity index (χ2n) is 4.04. The predicted molar refractivity (Wildman–Crippen MR) is 82.7 cm³/mol. The summed E-state index contributed by atoms with van der Waals surface area (Å²) in [5.41, 5.74) is 1.96. The van der Waals surface area contributed by atoms with E-state index in [1.807, 2.05) is 54.6 Å². The van der Waals surface area contributed by atoms with E-state index in [9.17, 15) is 4.79 Å². The lowest BCUT2D eigenvalue weighted by Gasteiger charge is -2.05. The number of nitrogens with one attached hydrogen (secondary N) is 1. The summed E-state index contributed by atoms with van der Waals surface area (Å²) in [6.45, 7) is 0. The molecule has 0 saturated carbocycles. The molecule has 98 valence electrons. The molecule has 0 aliphatic heterocycles. The van der Waals surface area contributed by atoms with Gasteiger partial charge in [0, 0.05) is 16.5 Å². The van der Waals surface area contributed by atoms with Crippen LogP contribution in [0, 0.1) is 0 Å². The summed E-state index contributed by atoms with van der Waals surface area (Å²) in [6, 6.07) is 17.2. The molecule has 0 saturated heterocycles. The van der Waals surface area contributed by atoms with Gasteiger partial charge in [0.05, 0.1) is 5.75 Å². The van der Waals surface area contributed by atoms with Crippen molar-refractivity contribution in [1.29, 1.82) is 0 Å². The number of hydrogen-bond acceptors (Lipinski definition) is 2. The number of carbonyl (C=O) groups is 1. The van der Waals surface area contributed by atoms with E-state index in [0.29, 0.717) is 5.75 Å². The van der Waals surface area contributed by atoms with Crippen molar-refractivity contribution < 1.29 is 4.79 Å². The first kappa shape index (κ1) is 14.0.